The van der Waals surface area contributed by atoms with Gasteiger partial charge in [-0.05, 0) is 0 Å². The van der Waals surface area contributed by atoms with Crippen molar-refractivity contribution in [2.45, 2.75) is 38.5 Å². The number of alkyl halides is 4. The molecule has 0 aromatic carbocycles. The van der Waals surface area contributed by atoms with E-state index >= 15 is 0 Å². The Morgan fingerprint density at radius 1 is 1.30 bits per heavy atom. The van der Waals surface area contributed by atoms with Crippen LogP contribution in [0.3, 0.4) is 0 Å². The lowest BCUT2D eigenvalue weighted by Gasteiger charge is -2.13. The molecule has 0 aromatic heterocycles. The minimum absolute atomic E-state index is 0.236. The van der Waals surface area contributed by atoms with Gasteiger partial charge in [0.15, 0.2) is 0 Å². The van der Waals surface area contributed by atoms with Crippen molar-refractivity contribution in [1.29, 1.82) is 0 Å². The van der Waals surface area contributed by atoms with E-state index in [0.29, 0.717) is 0 Å². The summed E-state index contributed by atoms with van der Waals surface area (Å²) < 4.78 is 47.1. The third kappa shape index (κ3) is 4.58. The van der Waals surface area contributed by atoms with Crippen molar-refractivity contribution in [3.63, 3.8) is 0 Å². The minimum atomic E-state index is -3.18. The van der Waals surface area contributed by atoms with E-state index in [4.69, 9.17) is 0 Å². The standard InChI is InChI=1S/C6H10F4/c1-2-3-6(9,10)4-5(7)8/h5H,2-4H2,1H3. The van der Waals surface area contributed by atoms with Crippen molar-refractivity contribution in [2.75, 3.05) is 0 Å². The molecule has 10 heavy (non-hydrogen) atoms. The molecule has 62 valence electrons. The SMILES string of the molecule is CCCC(F)(F)CC(F)F. The summed E-state index contributed by atoms with van der Waals surface area (Å²) in [7, 11) is 0. The average Bonchev–Trinajstić information content (AvgIpc) is 1.59. The summed E-state index contributed by atoms with van der Waals surface area (Å²) in [5, 5.41) is 0. The van der Waals surface area contributed by atoms with Crippen LogP contribution in [-0.4, -0.2) is 12.3 Å². The summed E-state index contributed by atoms with van der Waals surface area (Å²) in [6, 6.07) is 0. The molecule has 0 aliphatic rings. The third-order valence-electron chi connectivity index (χ3n) is 1.07. The molecular formula is C6H10F4. The van der Waals surface area contributed by atoms with Crippen LogP contribution in [0.4, 0.5) is 17.6 Å². The predicted octanol–water partition coefficient (Wildman–Crippen LogP) is 3.08. The first-order chi connectivity index (χ1) is 4.48. The van der Waals surface area contributed by atoms with Gasteiger partial charge in [-0.1, -0.05) is 13.3 Å². The third-order valence-corrected chi connectivity index (χ3v) is 1.07. The monoisotopic (exact) mass is 158 g/mol. The Balaban J connectivity index is 3.63. The zero-order chi connectivity index (χ0) is 8.20. The van der Waals surface area contributed by atoms with Crippen LogP contribution in [0, 0.1) is 0 Å². The summed E-state index contributed by atoms with van der Waals surface area (Å²) in [6.45, 7) is 1.54. The summed E-state index contributed by atoms with van der Waals surface area (Å²) in [4.78, 5) is 0. The quantitative estimate of drug-likeness (QED) is 0.551. The summed E-state index contributed by atoms with van der Waals surface area (Å²) in [6.07, 6.45) is -4.42. The smallest absolute Gasteiger partial charge is 0.210 e. The van der Waals surface area contributed by atoms with Crippen LogP contribution in [0.25, 0.3) is 0 Å². The van der Waals surface area contributed by atoms with Crippen molar-refractivity contribution >= 4 is 0 Å². The number of hydrogen-bond donors (Lipinski definition) is 0. The van der Waals surface area contributed by atoms with Gasteiger partial charge in [0.2, 0.25) is 6.43 Å². The summed E-state index contributed by atoms with van der Waals surface area (Å²) in [5.74, 6) is -3.18. The second kappa shape index (κ2) is 3.78. The first-order valence-electron chi connectivity index (χ1n) is 3.14. The van der Waals surface area contributed by atoms with E-state index in [9.17, 15) is 17.6 Å². The molecule has 0 unspecified atom stereocenters. The van der Waals surface area contributed by atoms with Crippen molar-refractivity contribution in [3.8, 4) is 0 Å². The summed E-state index contributed by atoms with van der Waals surface area (Å²) in [5.41, 5.74) is 0. The topological polar surface area (TPSA) is 0 Å². The summed E-state index contributed by atoms with van der Waals surface area (Å²) >= 11 is 0. The molecule has 0 bridgehead atoms. The molecule has 0 spiro atoms. The number of rotatable bonds is 4. The predicted molar refractivity (Wildman–Crippen MR) is 30.5 cm³/mol. The van der Waals surface area contributed by atoms with Crippen LogP contribution in [0.15, 0.2) is 0 Å². The van der Waals surface area contributed by atoms with Crippen molar-refractivity contribution < 1.29 is 17.6 Å². The lowest BCUT2D eigenvalue weighted by atomic mass is 10.1. The van der Waals surface area contributed by atoms with Gasteiger partial charge in [0.05, 0.1) is 6.42 Å². The molecule has 4 heteroatoms. The molecule has 0 saturated carbocycles. The van der Waals surface area contributed by atoms with E-state index < -0.39 is 25.2 Å². The lowest BCUT2D eigenvalue weighted by Crippen LogP contribution is -2.19. The van der Waals surface area contributed by atoms with Crippen LogP contribution in [0.1, 0.15) is 26.2 Å². The van der Waals surface area contributed by atoms with Gasteiger partial charge in [-0.25, -0.2) is 17.6 Å². The van der Waals surface area contributed by atoms with Crippen LogP contribution in [-0.2, 0) is 0 Å². The first kappa shape index (κ1) is 9.72. The van der Waals surface area contributed by atoms with Crippen LogP contribution >= 0.6 is 0 Å². The molecule has 0 aromatic rings. The van der Waals surface area contributed by atoms with E-state index in [-0.39, 0.29) is 6.42 Å². The Labute approximate surface area is 57.2 Å². The van der Waals surface area contributed by atoms with E-state index in [1.165, 1.54) is 0 Å². The number of halogens is 4. The van der Waals surface area contributed by atoms with E-state index in [1.54, 1.807) is 6.92 Å². The highest BCUT2D eigenvalue weighted by Crippen LogP contribution is 2.27. The number of hydrogen-bond acceptors (Lipinski definition) is 0. The van der Waals surface area contributed by atoms with Gasteiger partial charge in [-0.3, -0.25) is 0 Å². The molecule has 0 atom stereocenters. The molecule has 0 N–H and O–H groups in total. The van der Waals surface area contributed by atoms with Gasteiger partial charge in [0.1, 0.15) is 0 Å². The molecule has 0 radical (unpaired) electrons. The first-order valence-corrected chi connectivity index (χ1v) is 3.14. The van der Waals surface area contributed by atoms with Gasteiger partial charge in [0, 0.05) is 6.42 Å². The molecule has 0 saturated heterocycles. The minimum Gasteiger partial charge on any atom is -0.210 e. The van der Waals surface area contributed by atoms with Crippen molar-refractivity contribution in [1.82, 2.24) is 0 Å². The Kier molecular flexibility index (Phi) is 3.68. The zero-order valence-electron chi connectivity index (χ0n) is 5.71. The molecule has 0 nitrogen and oxygen atoms in total. The van der Waals surface area contributed by atoms with Crippen molar-refractivity contribution in [3.05, 3.63) is 0 Å². The van der Waals surface area contributed by atoms with Crippen LogP contribution < -0.4 is 0 Å². The van der Waals surface area contributed by atoms with E-state index in [0.717, 1.165) is 0 Å². The van der Waals surface area contributed by atoms with Gasteiger partial charge < -0.3 is 0 Å². The molecular weight excluding hydrogens is 148 g/mol. The van der Waals surface area contributed by atoms with Gasteiger partial charge in [0.25, 0.3) is 5.92 Å². The highest BCUT2D eigenvalue weighted by Gasteiger charge is 2.31. The second-order valence-corrected chi connectivity index (χ2v) is 2.20. The highest BCUT2D eigenvalue weighted by molar-refractivity contribution is 4.65. The second-order valence-electron chi connectivity index (χ2n) is 2.20. The van der Waals surface area contributed by atoms with Crippen LogP contribution in [0.2, 0.25) is 0 Å². The lowest BCUT2D eigenvalue weighted by molar-refractivity contribution is -0.0601. The molecule has 0 fully saturated rings. The van der Waals surface area contributed by atoms with Gasteiger partial charge in [-0.2, -0.15) is 0 Å². The van der Waals surface area contributed by atoms with Gasteiger partial charge in [-0.15, -0.1) is 0 Å². The molecule has 0 aliphatic carbocycles. The Hall–Kier alpha value is -0.280. The molecule has 0 aliphatic heterocycles. The fourth-order valence-corrected chi connectivity index (χ4v) is 0.694. The fourth-order valence-electron chi connectivity index (χ4n) is 0.694. The Bertz CT molecular complexity index is 89.7. The molecule has 0 heterocycles. The largest absolute Gasteiger partial charge is 0.253 e. The fraction of sp³-hybridized carbons (Fsp3) is 1.00. The normalized spacial score (nSPS) is 12.6. The maximum atomic E-state index is 12.2. The van der Waals surface area contributed by atoms with E-state index in [1.807, 2.05) is 0 Å². The van der Waals surface area contributed by atoms with Crippen LogP contribution in [0.5, 0.6) is 0 Å². The highest BCUT2D eigenvalue weighted by atomic mass is 19.3. The maximum Gasteiger partial charge on any atom is 0.253 e. The van der Waals surface area contributed by atoms with Crippen molar-refractivity contribution in [2.24, 2.45) is 0 Å². The Morgan fingerprint density at radius 2 is 1.80 bits per heavy atom. The molecule has 0 amide bonds. The Morgan fingerprint density at radius 3 is 2.10 bits per heavy atom. The van der Waals surface area contributed by atoms with E-state index in [2.05, 4.69) is 0 Å². The van der Waals surface area contributed by atoms with Gasteiger partial charge >= 0.3 is 0 Å². The zero-order valence-corrected chi connectivity index (χ0v) is 5.71. The average molecular weight is 158 g/mol. The maximum absolute atomic E-state index is 12.2. The molecule has 0 rings (SSSR count).